The molecule has 1 unspecified atom stereocenters. The number of nitrogens with two attached hydrogens (primary N) is 1. The van der Waals surface area contributed by atoms with E-state index in [1.54, 1.807) is 0 Å². The molecule has 0 radical (unpaired) electrons. The summed E-state index contributed by atoms with van der Waals surface area (Å²) in [5.74, 6) is 0. The van der Waals surface area contributed by atoms with Crippen molar-refractivity contribution in [2.24, 2.45) is 11.1 Å². The summed E-state index contributed by atoms with van der Waals surface area (Å²) in [7, 11) is 4.03. The summed E-state index contributed by atoms with van der Waals surface area (Å²) in [6, 6.07) is 0. The van der Waals surface area contributed by atoms with E-state index in [1.165, 1.54) is 12.8 Å². The summed E-state index contributed by atoms with van der Waals surface area (Å²) in [4.78, 5) is 0. The fourth-order valence-corrected chi connectivity index (χ4v) is 1.66. The highest BCUT2D eigenvalue weighted by Gasteiger charge is 2.52. The van der Waals surface area contributed by atoms with Crippen molar-refractivity contribution in [3.63, 3.8) is 0 Å². The number of rotatable bonds is 4. The van der Waals surface area contributed by atoms with Crippen LogP contribution in [0.5, 0.6) is 0 Å². The second-order valence-corrected chi connectivity index (χ2v) is 4.60. The molecule has 0 aliphatic heterocycles. The Morgan fingerprint density at radius 3 is 2.25 bits per heavy atom. The van der Waals surface area contributed by atoms with Crippen LogP contribution in [0.2, 0.25) is 0 Å². The van der Waals surface area contributed by atoms with Crippen LogP contribution in [-0.4, -0.2) is 31.2 Å². The molecule has 12 heavy (non-hydrogen) atoms. The first-order valence-corrected chi connectivity index (χ1v) is 4.59. The van der Waals surface area contributed by atoms with Gasteiger partial charge in [-0.3, -0.25) is 5.01 Å². The van der Waals surface area contributed by atoms with Crippen LogP contribution >= 0.6 is 0 Å². The average molecular weight is 171 g/mol. The zero-order valence-corrected chi connectivity index (χ0v) is 8.65. The van der Waals surface area contributed by atoms with E-state index < -0.39 is 0 Å². The van der Waals surface area contributed by atoms with Crippen LogP contribution in [0.15, 0.2) is 0 Å². The predicted molar refractivity (Wildman–Crippen MR) is 51.6 cm³/mol. The van der Waals surface area contributed by atoms with Gasteiger partial charge in [-0.25, -0.2) is 5.43 Å². The van der Waals surface area contributed by atoms with Gasteiger partial charge < -0.3 is 5.73 Å². The zero-order valence-electron chi connectivity index (χ0n) is 8.65. The predicted octanol–water partition coefficient (Wildman–Crippen LogP) is 0.570. The molecular formula is C9H21N3. The van der Waals surface area contributed by atoms with Crippen LogP contribution in [0.3, 0.4) is 0 Å². The third kappa shape index (κ3) is 1.63. The third-order valence-corrected chi connectivity index (χ3v) is 3.21. The van der Waals surface area contributed by atoms with Crippen molar-refractivity contribution in [3.8, 4) is 0 Å². The quantitative estimate of drug-likeness (QED) is 0.608. The Bertz CT molecular complexity index is 163. The Kier molecular flexibility index (Phi) is 2.47. The lowest BCUT2D eigenvalue weighted by molar-refractivity contribution is 0.115. The molecule has 3 nitrogen and oxygen atoms in total. The molecule has 0 heterocycles. The molecule has 0 spiro atoms. The minimum Gasteiger partial charge on any atom is -0.329 e. The summed E-state index contributed by atoms with van der Waals surface area (Å²) in [6.07, 6.45) is 2.59. The molecule has 1 aliphatic carbocycles. The lowest BCUT2D eigenvalue weighted by Gasteiger charge is -2.38. The fraction of sp³-hybridized carbons (Fsp3) is 1.00. The van der Waals surface area contributed by atoms with Gasteiger partial charge in [-0.05, 0) is 25.2 Å². The van der Waals surface area contributed by atoms with Gasteiger partial charge >= 0.3 is 0 Å². The van der Waals surface area contributed by atoms with E-state index in [1.807, 2.05) is 19.1 Å². The molecule has 0 bridgehead atoms. The van der Waals surface area contributed by atoms with Crippen LogP contribution in [0, 0.1) is 5.41 Å². The van der Waals surface area contributed by atoms with Crippen molar-refractivity contribution in [3.05, 3.63) is 0 Å². The van der Waals surface area contributed by atoms with Gasteiger partial charge in [0, 0.05) is 26.2 Å². The van der Waals surface area contributed by atoms with Gasteiger partial charge in [0.05, 0.1) is 0 Å². The lowest BCUT2D eigenvalue weighted by Crippen LogP contribution is -2.59. The van der Waals surface area contributed by atoms with Crippen molar-refractivity contribution < 1.29 is 0 Å². The highest BCUT2D eigenvalue weighted by atomic mass is 15.5. The van der Waals surface area contributed by atoms with Crippen LogP contribution < -0.4 is 11.2 Å². The smallest absolute Gasteiger partial charge is 0.0473 e. The molecule has 0 aromatic carbocycles. The molecule has 1 aliphatic rings. The summed E-state index contributed by atoms with van der Waals surface area (Å²) in [5.41, 5.74) is 9.68. The average Bonchev–Trinajstić information content (AvgIpc) is 2.68. The van der Waals surface area contributed by atoms with Crippen molar-refractivity contribution in [2.45, 2.75) is 32.2 Å². The van der Waals surface area contributed by atoms with E-state index in [0.29, 0.717) is 12.0 Å². The first-order valence-electron chi connectivity index (χ1n) is 4.59. The molecule has 1 saturated carbocycles. The molecular weight excluding hydrogens is 150 g/mol. The van der Waals surface area contributed by atoms with Gasteiger partial charge in [-0.2, -0.15) is 0 Å². The first-order chi connectivity index (χ1) is 5.43. The van der Waals surface area contributed by atoms with Crippen LogP contribution in [0.1, 0.15) is 26.7 Å². The lowest BCUT2D eigenvalue weighted by atomic mass is 9.84. The van der Waals surface area contributed by atoms with Gasteiger partial charge in [-0.1, -0.05) is 6.92 Å². The Labute approximate surface area is 75.3 Å². The summed E-state index contributed by atoms with van der Waals surface area (Å²) in [6.45, 7) is 5.21. The normalized spacial score (nSPS) is 25.5. The molecule has 3 heteroatoms. The monoisotopic (exact) mass is 171 g/mol. The fourth-order valence-electron chi connectivity index (χ4n) is 1.66. The Balaban J connectivity index is 2.62. The molecule has 72 valence electrons. The van der Waals surface area contributed by atoms with Crippen molar-refractivity contribution in [1.82, 2.24) is 10.4 Å². The maximum absolute atomic E-state index is 5.79. The summed E-state index contributed by atoms with van der Waals surface area (Å²) < 4.78 is 0. The van der Waals surface area contributed by atoms with E-state index >= 15 is 0 Å². The van der Waals surface area contributed by atoms with E-state index in [4.69, 9.17) is 5.73 Å². The van der Waals surface area contributed by atoms with Gasteiger partial charge in [0.1, 0.15) is 0 Å². The molecule has 0 amide bonds. The van der Waals surface area contributed by atoms with Crippen molar-refractivity contribution in [1.29, 1.82) is 0 Å². The Hall–Kier alpha value is -0.120. The van der Waals surface area contributed by atoms with Crippen molar-refractivity contribution in [2.75, 3.05) is 20.6 Å². The number of hydrogen-bond acceptors (Lipinski definition) is 3. The molecule has 0 aromatic heterocycles. The number of nitrogens with one attached hydrogen (secondary N) is 1. The topological polar surface area (TPSA) is 41.3 Å². The number of hydrogen-bond donors (Lipinski definition) is 2. The molecule has 0 aromatic rings. The van der Waals surface area contributed by atoms with E-state index in [-0.39, 0.29) is 5.54 Å². The van der Waals surface area contributed by atoms with Gasteiger partial charge in [0.25, 0.3) is 0 Å². The molecule has 1 atom stereocenters. The largest absolute Gasteiger partial charge is 0.329 e. The van der Waals surface area contributed by atoms with Crippen LogP contribution in [0.25, 0.3) is 0 Å². The van der Waals surface area contributed by atoms with E-state index in [0.717, 1.165) is 0 Å². The molecule has 1 rings (SSSR count). The molecule has 0 saturated heterocycles. The van der Waals surface area contributed by atoms with Gasteiger partial charge in [0.2, 0.25) is 0 Å². The highest BCUT2D eigenvalue weighted by Crippen LogP contribution is 2.53. The first kappa shape index (κ1) is 9.96. The van der Waals surface area contributed by atoms with E-state index in [9.17, 15) is 0 Å². The zero-order chi connectivity index (χ0) is 9.41. The highest BCUT2D eigenvalue weighted by molar-refractivity contribution is 5.07. The standard InChI is InChI=1S/C9H21N3/c1-8(5-6-8)9(2,7-10)11-12(3)4/h11H,5-7,10H2,1-4H3. The number of nitrogens with zero attached hydrogens (tertiary/aromatic N) is 1. The second-order valence-electron chi connectivity index (χ2n) is 4.60. The number of hydrazine groups is 1. The minimum absolute atomic E-state index is 0.0660. The van der Waals surface area contributed by atoms with Gasteiger partial charge in [0.15, 0.2) is 0 Å². The Morgan fingerprint density at radius 1 is 1.50 bits per heavy atom. The van der Waals surface area contributed by atoms with Gasteiger partial charge in [-0.15, -0.1) is 0 Å². The SMILES string of the molecule is CN(C)NC(C)(CN)C1(C)CC1. The van der Waals surface area contributed by atoms with Crippen molar-refractivity contribution >= 4 is 0 Å². The van der Waals surface area contributed by atoms with E-state index in [2.05, 4.69) is 19.3 Å². The second kappa shape index (κ2) is 2.98. The minimum atomic E-state index is 0.0660. The van der Waals surface area contributed by atoms with Crippen LogP contribution in [-0.2, 0) is 0 Å². The maximum Gasteiger partial charge on any atom is 0.0473 e. The summed E-state index contributed by atoms with van der Waals surface area (Å²) in [5, 5.41) is 2.00. The van der Waals surface area contributed by atoms with Crippen LogP contribution in [0.4, 0.5) is 0 Å². The molecule has 1 fully saturated rings. The molecule has 3 N–H and O–H groups in total. The summed E-state index contributed by atoms with van der Waals surface area (Å²) >= 11 is 0. The third-order valence-electron chi connectivity index (χ3n) is 3.21. The maximum atomic E-state index is 5.79. The Morgan fingerprint density at radius 2 is 2.00 bits per heavy atom.